The molecule has 2 nitrogen and oxygen atoms in total. The lowest BCUT2D eigenvalue weighted by atomic mass is 9.99. The van der Waals surface area contributed by atoms with Crippen LogP contribution in [0.15, 0.2) is 12.1 Å². The Morgan fingerprint density at radius 1 is 1.18 bits per heavy atom. The van der Waals surface area contributed by atoms with Crippen molar-refractivity contribution in [2.24, 2.45) is 0 Å². The number of nitrogens with one attached hydrogen (secondary N) is 1. The van der Waals surface area contributed by atoms with Gasteiger partial charge in [0.1, 0.15) is 0 Å². The van der Waals surface area contributed by atoms with Crippen LogP contribution < -0.4 is 5.32 Å². The second-order valence-corrected chi connectivity index (χ2v) is 3.99. The molecule has 1 aliphatic rings. The number of halogens is 6. The average molecular weight is 272 g/mol. The van der Waals surface area contributed by atoms with E-state index in [1.165, 1.54) is 0 Å². The molecule has 8 heteroatoms. The van der Waals surface area contributed by atoms with Gasteiger partial charge in [0.05, 0.1) is 0 Å². The molecule has 0 saturated carbocycles. The molecular weight excluding hydrogens is 269 g/mol. The van der Waals surface area contributed by atoms with Gasteiger partial charge in [-0.1, -0.05) is 11.6 Å². The Bertz CT molecular complexity index is 515. The fourth-order valence-electron chi connectivity index (χ4n) is 1.55. The molecule has 1 atom stereocenters. The standard InChI is InChI=1S/C9H3ClF5NO/c10-8(9(13,14)15)3-1-4(11)5(12)2-6(3)16-7(8)17/h1-2H,(H,16,17). The van der Waals surface area contributed by atoms with Gasteiger partial charge in [-0.05, 0) is 6.07 Å². The summed E-state index contributed by atoms with van der Waals surface area (Å²) in [6, 6.07) is 0.724. The van der Waals surface area contributed by atoms with Crippen molar-refractivity contribution in [1.29, 1.82) is 0 Å². The third-order valence-corrected chi connectivity index (χ3v) is 2.97. The topological polar surface area (TPSA) is 29.1 Å². The number of amides is 1. The molecule has 1 unspecified atom stereocenters. The van der Waals surface area contributed by atoms with Gasteiger partial charge < -0.3 is 5.32 Å². The quantitative estimate of drug-likeness (QED) is 0.570. The summed E-state index contributed by atoms with van der Waals surface area (Å²) < 4.78 is 63.8. The first-order valence-corrected chi connectivity index (χ1v) is 4.62. The van der Waals surface area contributed by atoms with E-state index in [0.717, 1.165) is 0 Å². The van der Waals surface area contributed by atoms with E-state index in [-0.39, 0.29) is 6.07 Å². The Kier molecular flexibility index (Phi) is 2.36. The van der Waals surface area contributed by atoms with Gasteiger partial charge in [0.2, 0.25) is 4.87 Å². The number of hydrogen-bond donors (Lipinski definition) is 1. The van der Waals surface area contributed by atoms with Crippen molar-refractivity contribution >= 4 is 23.2 Å². The van der Waals surface area contributed by atoms with Crippen LogP contribution in [0.3, 0.4) is 0 Å². The van der Waals surface area contributed by atoms with Crippen molar-refractivity contribution < 1.29 is 26.7 Å². The molecule has 1 heterocycles. The number of fused-ring (bicyclic) bond motifs is 1. The fourth-order valence-corrected chi connectivity index (χ4v) is 1.75. The van der Waals surface area contributed by atoms with Gasteiger partial charge in [-0.15, -0.1) is 0 Å². The number of hydrogen-bond acceptors (Lipinski definition) is 1. The Labute approximate surface area is 96.4 Å². The molecule has 1 aromatic carbocycles. The van der Waals surface area contributed by atoms with Crippen molar-refractivity contribution in [3.8, 4) is 0 Å². The molecule has 0 saturated heterocycles. The normalized spacial score (nSPS) is 23.5. The highest BCUT2D eigenvalue weighted by molar-refractivity contribution is 6.39. The lowest BCUT2D eigenvalue weighted by molar-refractivity contribution is -0.170. The first-order valence-electron chi connectivity index (χ1n) is 4.24. The largest absolute Gasteiger partial charge is 0.420 e. The van der Waals surface area contributed by atoms with Crippen molar-refractivity contribution in [3.05, 3.63) is 29.3 Å². The van der Waals surface area contributed by atoms with E-state index in [2.05, 4.69) is 0 Å². The van der Waals surface area contributed by atoms with Crippen molar-refractivity contribution in [2.45, 2.75) is 11.1 Å². The first-order chi connectivity index (χ1) is 7.68. The average Bonchev–Trinajstić information content (AvgIpc) is 2.42. The predicted molar refractivity (Wildman–Crippen MR) is 48.6 cm³/mol. The van der Waals surface area contributed by atoms with E-state index in [9.17, 15) is 26.7 Å². The van der Waals surface area contributed by atoms with E-state index in [1.54, 1.807) is 5.32 Å². The lowest BCUT2D eigenvalue weighted by Gasteiger charge is -2.22. The van der Waals surface area contributed by atoms with Crippen LogP contribution in [-0.2, 0) is 9.67 Å². The zero-order chi connectivity index (χ0) is 13.0. The molecule has 92 valence electrons. The molecule has 1 amide bonds. The zero-order valence-corrected chi connectivity index (χ0v) is 8.59. The molecule has 1 N–H and O–H groups in total. The fraction of sp³-hybridized carbons (Fsp3) is 0.222. The number of alkyl halides is 4. The van der Waals surface area contributed by atoms with Gasteiger partial charge in [-0.25, -0.2) is 8.78 Å². The Morgan fingerprint density at radius 3 is 2.24 bits per heavy atom. The maximum absolute atomic E-state index is 12.9. The van der Waals surface area contributed by atoms with Crippen LogP contribution in [0.25, 0.3) is 0 Å². The highest BCUT2D eigenvalue weighted by Crippen LogP contribution is 2.51. The minimum Gasteiger partial charge on any atom is -0.323 e. The first kappa shape index (κ1) is 12.1. The number of benzene rings is 1. The minimum absolute atomic E-state index is 0.267. The van der Waals surface area contributed by atoms with Gasteiger partial charge >= 0.3 is 6.18 Å². The summed E-state index contributed by atoms with van der Waals surface area (Å²) in [5.74, 6) is -4.45. The van der Waals surface area contributed by atoms with E-state index >= 15 is 0 Å². The molecule has 0 bridgehead atoms. The Balaban J connectivity index is 2.70. The third kappa shape index (κ3) is 1.49. The Morgan fingerprint density at radius 2 is 1.71 bits per heavy atom. The van der Waals surface area contributed by atoms with E-state index in [4.69, 9.17) is 11.6 Å². The third-order valence-electron chi connectivity index (χ3n) is 2.38. The summed E-state index contributed by atoms with van der Waals surface area (Å²) >= 11 is 5.23. The molecule has 0 spiro atoms. The predicted octanol–water partition coefficient (Wildman–Crippen LogP) is 2.91. The van der Waals surface area contributed by atoms with Gasteiger partial charge in [0.25, 0.3) is 5.91 Å². The van der Waals surface area contributed by atoms with Gasteiger partial charge in [0.15, 0.2) is 11.6 Å². The maximum atomic E-state index is 12.9. The number of anilines is 1. The van der Waals surface area contributed by atoms with Crippen LogP contribution in [0, 0.1) is 11.6 Å². The van der Waals surface area contributed by atoms with E-state index in [0.29, 0.717) is 6.07 Å². The number of rotatable bonds is 0. The molecule has 0 aromatic heterocycles. The molecule has 1 aliphatic heterocycles. The summed E-state index contributed by atoms with van der Waals surface area (Å²) in [5, 5.41) is 1.77. The highest BCUT2D eigenvalue weighted by Gasteiger charge is 2.64. The van der Waals surface area contributed by atoms with Gasteiger partial charge in [-0.2, -0.15) is 13.2 Å². The molecule has 0 radical (unpaired) electrons. The van der Waals surface area contributed by atoms with Crippen molar-refractivity contribution in [3.63, 3.8) is 0 Å². The highest BCUT2D eigenvalue weighted by atomic mass is 35.5. The van der Waals surface area contributed by atoms with Crippen molar-refractivity contribution in [2.75, 3.05) is 5.32 Å². The van der Waals surface area contributed by atoms with Crippen LogP contribution in [0.1, 0.15) is 5.56 Å². The zero-order valence-electron chi connectivity index (χ0n) is 7.83. The summed E-state index contributed by atoms with van der Waals surface area (Å²) in [6.45, 7) is 0. The van der Waals surface area contributed by atoms with Crippen LogP contribution in [0.4, 0.5) is 27.6 Å². The van der Waals surface area contributed by atoms with Gasteiger partial charge in [0, 0.05) is 17.3 Å². The summed E-state index contributed by atoms with van der Waals surface area (Å²) in [5.41, 5.74) is -1.32. The van der Waals surface area contributed by atoms with Crippen molar-refractivity contribution in [1.82, 2.24) is 0 Å². The Hall–Kier alpha value is -1.37. The minimum atomic E-state index is -5.12. The van der Waals surface area contributed by atoms with Crippen LogP contribution in [0.5, 0.6) is 0 Å². The maximum Gasteiger partial charge on any atom is 0.420 e. The van der Waals surface area contributed by atoms with E-state index in [1.807, 2.05) is 0 Å². The second kappa shape index (κ2) is 3.32. The van der Waals surface area contributed by atoms with Gasteiger partial charge in [-0.3, -0.25) is 4.79 Å². The molecule has 17 heavy (non-hydrogen) atoms. The number of carbonyl (C=O) groups is 1. The summed E-state index contributed by atoms with van der Waals surface area (Å²) in [4.78, 5) is 7.84. The lowest BCUT2D eigenvalue weighted by Crippen LogP contribution is -2.43. The number of carbonyl (C=O) groups excluding carboxylic acids is 1. The second-order valence-electron chi connectivity index (χ2n) is 3.42. The smallest absolute Gasteiger partial charge is 0.323 e. The molecule has 0 aliphatic carbocycles. The van der Waals surface area contributed by atoms with Crippen LogP contribution in [-0.4, -0.2) is 12.1 Å². The molecule has 2 rings (SSSR count). The molecule has 1 aromatic rings. The monoisotopic (exact) mass is 271 g/mol. The molecule has 0 fully saturated rings. The molecular formula is C9H3ClF5NO. The summed E-state index contributed by atoms with van der Waals surface area (Å²) in [6.07, 6.45) is -5.12. The summed E-state index contributed by atoms with van der Waals surface area (Å²) in [7, 11) is 0. The van der Waals surface area contributed by atoms with Crippen LogP contribution >= 0.6 is 11.6 Å². The van der Waals surface area contributed by atoms with E-state index < -0.39 is 39.8 Å². The van der Waals surface area contributed by atoms with Crippen LogP contribution in [0.2, 0.25) is 0 Å². The SMILES string of the molecule is O=C1Nc2cc(F)c(F)cc2C1(Cl)C(F)(F)F.